The number of nitrogens with zero attached hydrogens (tertiary/aromatic N) is 2. The molecule has 0 saturated heterocycles. The summed E-state index contributed by atoms with van der Waals surface area (Å²) in [5.41, 5.74) is 1.38. The van der Waals surface area contributed by atoms with Crippen molar-refractivity contribution in [1.29, 1.82) is 5.26 Å². The number of hydrogen-bond acceptors (Lipinski definition) is 3. The Balaban J connectivity index is 2.94. The van der Waals surface area contributed by atoms with Gasteiger partial charge in [0.25, 0.3) is 0 Å². The lowest BCUT2D eigenvalue weighted by atomic mass is 10.1. The van der Waals surface area contributed by atoms with Crippen LogP contribution in [-0.4, -0.2) is 16.5 Å². The summed E-state index contributed by atoms with van der Waals surface area (Å²) in [6.07, 6.45) is 0.657. The fraction of sp³-hybridized carbons (Fsp3) is 0. The minimum Gasteiger partial charge on any atom is -0.296 e. The van der Waals surface area contributed by atoms with Crippen molar-refractivity contribution in [3.63, 3.8) is 0 Å². The highest BCUT2D eigenvalue weighted by atomic mass is 79.9. The molecule has 0 aliphatic heterocycles. The zero-order chi connectivity index (χ0) is 10.1. The van der Waals surface area contributed by atoms with Gasteiger partial charge in [-0.3, -0.25) is 9.89 Å². The predicted molar refractivity (Wildman–Crippen MR) is 53.9 cm³/mol. The molecule has 1 aromatic carbocycles. The summed E-state index contributed by atoms with van der Waals surface area (Å²) in [7, 11) is 0. The SMILES string of the molecule is N#Cc1cc(Br)cc2n[nH]c(C=O)c12. The number of fused-ring (bicyclic) bond motifs is 1. The molecule has 68 valence electrons. The van der Waals surface area contributed by atoms with Gasteiger partial charge < -0.3 is 0 Å². The predicted octanol–water partition coefficient (Wildman–Crippen LogP) is 2.01. The van der Waals surface area contributed by atoms with Crippen LogP contribution in [0.4, 0.5) is 0 Å². The average Bonchev–Trinajstić information content (AvgIpc) is 2.59. The van der Waals surface area contributed by atoms with E-state index in [1.165, 1.54) is 0 Å². The summed E-state index contributed by atoms with van der Waals surface area (Å²) in [4.78, 5) is 10.6. The van der Waals surface area contributed by atoms with Crippen LogP contribution in [0.15, 0.2) is 16.6 Å². The molecular formula is C9H4BrN3O. The second kappa shape index (κ2) is 3.24. The molecule has 0 atom stereocenters. The standard InChI is InChI=1S/C9H4BrN3O/c10-6-1-5(3-11)9-7(2-6)12-13-8(9)4-14/h1-2,4H,(H,12,13). The number of halogens is 1. The summed E-state index contributed by atoms with van der Waals surface area (Å²) in [6.45, 7) is 0. The molecule has 0 saturated carbocycles. The van der Waals surface area contributed by atoms with Crippen molar-refractivity contribution in [2.75, 3.05) is 0 Å². The molecule has 0 unspecified atom stereocenters. The molecule has 1 heterocycles. The van der Waals surface area contributed by atoms with E-state index in [0.717, 1.165) is 4.47 Å². The van der Waals surface area contributed by atoms with Crippen LogP contribution in [0.3, 0.4) is 0 Å². The van der Waals surface area contributed by atoms with Crippen LogP contribution in [0.5, 0.6) is 0 Å². The molecule has 1 aromatic heterocycles. The van der Waals surface area contributed by atoms with E-state index < -0.39 is 0 Å². The topological polar surface area (TPSA) is 69.5 Å². The molecule has 0 amide bonds. The zero-order valence-electron chi connectivity index (χ0n) is 6.91. The van der Waals surface area contributed by atoms with Gasteiger partial charge in [0.05, 0.1) is 17.1 Å². The Morgan fingerprint density at radius 3 is 3.00 bits per heavy atom. The summed E-state index contributed by atoms with van der Waals surface area (Å²) in [5, 5.41) is 15.9. The van der Waals surface area contributed by atoms with Crippen LogP contribution >= 0.6 is 15.9 Å². The third-order valence-corrected chi connectivity index (χ3v) is 2.34. The molecule has 4 nitrogen and oxygen atoms in total. The Morgan fingerprint density at radius 2 is 2.36 bits per heavy atom. The molecule has 2 rings (SSSR count). The zero-order valence-corrected chi connectivity index (χ0v) is 8.50. The molecule has 2 aromatic rings. The molecule has 0 aliphatic carbocycles. The number of carbonyl (C=O) groups is 1. The van der Waals surface area contributed by atoms with Gasteiger partial charge in [-0.05, 0) is 12.1 Å². The Kier molecular flexibility index (Phi) is 2.06. The van der Waals surface area contributed by atoms with Crippen LogP contribution in [0.1, 0.15) is 16.1 Å². The van der Waals surface area contributed by atoms with Gasteiger partial charge in [0.1, 0.15) is 5.69 Å². The number of carbonyl (C=O) groups excluding carboxylic acids is 1. The fourth-order valence-electron chi connectivity index (χ4n) is 1.31. The van der Waals surface area contributed by atoms with Gasteiger partial charge in [0, 0.05) is 9.86 Å². The number of hydrogen-bond donors (Lipinski definition) is 1. The van der Waals surface area contributed by atoms with Crippen molar-refractivity contribution < 1.29 is 4.79 Å². The van der Waals surface area contributed by atoms with Crippen molar-refractivity contribution in [2.24, 2.45) is 0 Å². The fourth-order valence-corrected chi connectivity index (χ4v) is 1.76. The maximum atomic E-state index is 10.6. The van der Waals surface area contributed by atoms with E-state index in [9.17, 15) is 4.79 Å². The highest BCUT2D eigenvalue weighted by Gasteiger charge is 2.10. The normalized spacial score (nSPS) is 10.0. The average molecular weight is 250 g/mol. The minimum atomic E-state index is 0.337. The molecule has 0 bridgehead atoms. The Hall–Kier alpha value is -1.67. The molecule has 0 radical (unpaired) electrons. The lowest BCUT2D eigenvalue weighted by Crippen LogP contribution is -1.83. The number of nitriles is 1. The lowest BCUT2D eigenvalue weighted by Gasteiger charge is -1.94. The van der Waals surface area contributed by atoms with E-state index in [-0.39, 0.29) is 0 Å². The second-order valence-corrected chi connectivity index (χ2v) is 3.63. The monoisotopic (exact) mass is 249 g/mol. The van der Waals surface area contributed by atoms with Crippen molar-refractivity contribution in [2.45, 2.75) is 0 Å². The van der Waals surface area contributed by atoms with Crippen LogP contribution < -0.4 is 0 Å². The first-order chi connectivity index (χ1) is 6.76. The summed E-state index contributed by atoms with van der Waals surface area (Å²) < 4.78 is 0.769. The minimum absolute atomic E-state index is 0.337. The summed E-state index contributed by atoms with van der Waals surface area (Å²) in [5.74, 6) is 0. The number of nitrogens with one attached hydrogen (secondary N) is 1. The summed E-state index contributed by atoms with van der Waals surface area (Å²) >= 11 is 3.26. The Morgan fingerprint density at radius 1 is 1.57 bits per heavy atom. The van der Waals surface area contributed by atoms with Crippen LogP contribution in [0, 0.1) is 11.3 Å². The quantitative estimate of drug-likeness (QED) is 0.787. The van der Waals surface area contributed by atoms with Crippen LogP contribution in [0.25, 0.3) is 10.9 Å². The smallest absolute Gasteiger partial charge is 0.168 e. The van der Waals surface area contributed by atoms with Gasteiger partial charge in [-0.15, -0.1) is 0 Å². The number of aldehydes is 1. The third kappa shape index (κ3) is 1.20. The first kappa shape index (κ1) is 8.91. The highest BCUT2D eigenvalue weighted by molar-refractivity contribution is 9.10. The van der Waals surface area contributed by atoms with Gasteiger partial charge >= 0.3 is 0 Å². The van der Waals surface area contributed by atoms with E-state index in [0.29, 0.717) is 28.4 Å². The number of H-pyrrole nitrogens is 1. The van der Waals surface area contributed by atoms with Crippen molar-refractivity contribution in [1.82, 2.24) is 10.2 Å². The number of aromatic nitrogens is 2. The maximum Gasteiger partial charge on any atom is 0.168 e. The van der Waals surface area contributed by atoms with Crippen molar-refractivity contribution in [3.05, 3.63) is 27.9 Å². The van der Waals surface area contributed by atoms with Gasteiger partial charge in [0.2, 0.25) is 0 Å². The van der Waals surface area contributed by atoms with Crippen molar-refractivity contribution in [3.8, 4) is 6.07 Å². The molecular weight excluding hydrogens is 246 g/mol. The maximum absolute atomic E-state index is 10.6. The first-order valence-corrected chi connectivity index (χ1v) is 4.58. The molecule has 1 N–H and O–H groups in total. The molecule has 0 spiro atoms. The van der Waals surface area contributed by atoms with E-state index >= 15 is 0 Å². The van der Waals surface area contributed by atoms with Crippen molar-refractivity contribution >= 4 is 33.1 Å². The van der Waals surface area contributed by atoms with E-state index in [1.54, 1.807) is 12.1 Å². The van der Waals surface area contributed by atoms with E-state index in [2.05, 4.69) is 26.1 Å². The van der Waals surface area contributed by atoms with Crippen LogP contribution in [0.2, 0.25) is 0 Å². The van der Waals surface area contributed by atoms with Gasteiger partial charge in [0.15, 0.2) is 6.29 Å². The second-order valence-electron chi connectivity index (χ2n) is 2.71. The molecule has 0 fully saturated rings. The first-order valence-electron chi connectivity index (χ1n) is 3.79. The van der Waals surface area contributed by atoms with Gasteiger partial charge in [-0.25, -0.2) is 0 Å². The Labute approximate surface area is 87.7 Å². The van der Waals surface area contributed by atoms with Gasteiger partial charge in [-0.1, -0.05) is 15.9 Å². The van der Waals surface area contributed by atoms with E-state index in [1.807, 2.05) is 6.07 Å². The highest BCUT2D eigenvalue weighted by Crippen LogP contribution is 2.24. The number of benzene rings is 1. The van der Waals surface area contributed by atoms with Crippen LogP contribution in [-0.2, 0) is 0 Å². The Bertz CT molecular complexity index is 553. The summed E-state index contributed by atoms with van der Waals surface area (Å²) in [6, 6.07) is 5.43. The molecule has 14 heavy (non-hydrogen) atoms. The number of aromatic amines is 1. The molecule has 0 aliphatic rings. The third-order valence-electron chi connectivity index (χ3n) is 1.89. The molecule has 5 heteroatoms. The van der Waals surface area contributed by atoms with Gasteiger partial charge in [-0.2, -0.15) is 10.4 Å². The van der Waals surface area contributed by atoms with E-state index in [4.69, 9.17) is 5.26 Å². The lowest BCUT2D eigenvalue weighted by molar-refractivity contribution is 0.112. The largest absolute Gasteiger partial charge is 0.296 e. The number of rotatable bonds is 1.